The Labute approximate surface area is 124 Å². The first-order chi connectivity index (χ1) is 8.97. The minimum absolute atomic E-state index is 0.0173. The number of nitrogens with zero attached hydrogens (tertiary/aromatic N) is 1. The Morgan fingerprint density at radius 2 is 2.26 bits per heavy atom. The van der Waals surface area contributed by atoms with E-state index in [1.165, 1.54) is 0 Å². The number of nitrogens with one attached hydrogen (secondary N) is 1. The van der Waals surface area contributed by atoms with Crippen molar-refractivity contribution in [2.24, 2.45) is 10.9 Å². The fourth-order valence-corrected chi connectivity index (χ4v) is 2.44. The van der Waals surface area contributed by atoms with E-state index in [0.717, 1.165) is 6.42 Å². The predicted molar refractivity (Wildman–Crippen MR) is 78.7 cm³/mol. The molecule has 0 heterocycles. The maximum Gasteiger partial charge on any atom is 0.251 e. The molecule has 104 valence electrons. The number of nitrogens with two attached hydrogens (primary N) is 1. The summed E-state index contributed by atoms with van der Waals surface area (Å²) in [6, 6.07) is 4.39. The molecule has 0 aliphatic carbocycles. The van der Waals surface area contributed by atoms with Gasteiger partial charge in [-0.1, -0.05) is 46.0 Å². The first kappa shape index (κ1) is 15.8. The van der Waals surface area contributed by atoms with E-state index >= 15 is 0 Å². The van der Waals surface area contributed by atoms with Gasteiger partial charge in [-0.3, -0.25) is 4.79 Å². The van der Waals surface area contributed by atoms with E-state index in [0.29, 0.717) is 21.5 Å². The van der Waals surface area contributed by atoms with Crippen LogP contribution in [-0.4, -0.2) is 23.0 Å². The molecular weight excluding hydrogens is 334 g/mol. The Kier molecular flexibility index (Phi) is 6.11. The van der Waals surface area contributed by atoms with Crippen LogP contribution in [0.25, 0.3) is 0 Å². The molecule has 0 spiro atoms. The molecule has 4 N–H and O–H groups in total. The summed E-state index contributed by atoms with van der Waals surface area (Å²) in [5, 5.41) is 14.8. The summed E-state index contributed by atoms with van der Waals surface area (Å²) in [5.74, 6) is -0.343. The summed E-state index contributed by atoms with van der Waals surface area (Å²) in [7, 11) is 0. The van der Waals surface area contributed by atoms with E-state index in [1.54, 1.807) is 18.2 Å². The molecule has 0 radical (unpaired) electrons. The highest BCUT2D eigenvalue weighted by atomic mass is 79.9. The van der Waals surface area contributed by atoms with Crippen molar-refractivity contribution >= 4 is 39.3 Å². The molecule has 7 heteroatoms. The lowest BCUT2D eigenvalue weighted by atomic mass is 10.1. The quantitative estimate of drug-likeness (QED) is 0.331. The molecule has 0 aliphatic heterocycles. The van der Waals surface area contributed by atoms with Crippen LogP contribution >= 0.6 is 27.5 Å². The third kappa shape index (κ3) is 4.72. The number of halogens is 2. The number of rotatable bonds is 5. The largest absolute Gasteiger partial charge is 0.409 e. The maximum atomic E-state index is 12.1. The molecule has 1 atom stereocenters. The molecule has 0 aromatic heterocycles. The summed E-state index contributed by atoms with van der Waals surface area (Å²) in [6.07, 6.45) is 1.38. The van der Waals surface area contributed by atoms with Crippen molar-refractivity contribution in [3.8, 4) is 0 Å². The maximum absolute atomic E-state index is 12.1. The number of benzene rings is 1. The zero-order valence-electron chi connectivity index (χ0n) is 10.4. The molecule has 0 aliphatic rings. The van der Waals surface area contributed by atoms with Gasteiger partial charge in [-0.25, -0.2) is 0 Å². The van der Waals surface area contributed by atoms with E-state index in [9.17, 15) is 4.79 Å². The fourth-order valence-electron chi connectivity index (χ4n) is 1.58. The van der Waals surface area contributed by atoms with Gasteiger partial charge in [0.15, 0.2) is 5.84 Å². The Balaban J connectivity index is 2.87. The second kappa shape index (κ2) is 7.35. The number of carbonyl (C=O) groups is 1. The van der Waals surface area contributed by atoms with Crippen LogP contribution in [0.15, 0.2) is 27.8 Å². The molecule has 1 aromatic rings. The SMILES string of the molecule is CCCC(NC(=O)c1cc(Cl)cc(Br)c1)/C(N)=N/O. The zero-order chi connectivity index (χ0) is 14.4. The number of carbonyl (C=O) groups excluding carboxylic acids is 1. The Bertz CT molecular complexity index is 474. The summed E-state index contributed by atoms with van der Waals surface area (Å²) in [4.78, 5) is 12.1. The summed E-state index contributed by atoms with van der Waals surface area (Å²) >= 11 is 9.15. The second-order valence-electron chi connectivity index (χ2n) is 4.00. The van der Waals surface area contributed by atoms with E-state index in [2.05, 4.69) is 26.4 Å². The van der Waals surface area contributed by atoms with Gasteiger partial charge in [0.2, 0.25) is 0 Å². The van der Waals surface area contributed by atoms with Crippen molar-refractivity contribution in [2.75, 3.05) is 0 Å². The van der Waals surface area contributed by atoms with Gasteiger partial charge in [-0.15, -0.1) is 0 Å². The van der Waals surface area contributed by atoms with Crippen LogP contribution < -0.4 is 11.1 Å². The highest BCUT2D eigenvalue weighted by Gasteiger charge is 2.17. The van der Waals surface area contributed by atoms with Crippen molar-refractivity contribution in [3.63, 3.8) is 0 Å². The lowest BCUT2D eigenvalue weighted by molar-refractivity contribution is 0.0945. The third-order valence-electron chi connectivity index (χ3n) is 2.48. The molecule has 19 heavy (non-hydrogen) atoms. The minimum Gasteiger partial charge on any atom is -0.409 e. The van der Waals surface area contributed by atoms with Gasteiger partial charge >= 0.3 is 0 Å². The van der Waals surface area contributed by atoms with Crippen molar-refractivity contribution in [1.29, 1.82) is 0 Å². The lowest BCUT2D eigenvalue weighted by Crippen LogP contribution is -2.44. The van der Waals surface area contributed by atoms with Crippen LogP contribution in [0.4, 0.5) is 0 Å². The monoisotopic (exact) mass is 347 g/mol. The molecule has 1 unspecified atom stereocenters. The Morgan fingerprint density at radius 3 is 2.79 bits per heavy atom. The average Bonchev–Trinajstić information content (AvgIpc) is 2.36. The van der Waals surface area contributed by atoms with Crippen LogP contribution in [0.3, 0.4) is 0 Å². The van der Waals surface area contributed by atoms with E-state index in [1.807, 2.05) is 6.92 Å². The van der Waals surface area contributed by atoms with Gasteiger partial charge in [0, 0.05) is 15.1 Å². The molecule has 0 fully saturated rings. The lowest BCUT2D eigenvalue weighted by Gasteiger charge is -2.16. The highest BCUT2D eigenvalue weighted by molar-refractivity contribution is 9.10. The molecule has 1 amide bonds. The van der Waals surface area contributed by atoms with Crippen LogP contribution in [-0.2, 0) is 0 Å². The van der Waals surface area contributed by atoms with Crippen LogP contribution in [0, 0.1) is 0 Å². The molecule has 0 bridgehead atoms. The fraction of sp³-hybridized carbons (Fsp3) is 0.333. The second-order valence-corrected chi connectivity index (χ2v) is 5.35. The van der Waals surface area contributed by atoms with Gasteiger partial charge in [0.25, 0.3) is 5.91 Å². The smallest absolute Gasteiger partial charge is 0.251 e. The molecule has 5 nitrogen and oxygen atoms in total. The van der Waals surface area contributed by atoms with Crippen LogP contribution in [0.1, 0.15) is 30.1 Å². The number of oxime groups is 1. The van der Waals surface area contributed by atoms with Crippen molar-refractivity contribution in [3.05, 3.63) is 33.3 Å². The summed E-state index contributed by atoms with van der Waals surface area (Å²) < 4.78 is 0.709. The summed E-state index contributed by atoms with van der Waals surface area (Å²) in [5.41, 5.74) is 5.95. The average molecular weight is 349 g/mol. The van der Waals surface area contributed by atoms with Crippen molar-refractivity contribution in [2.45, 2.75) is 25.8 Å². The van der Waals surface area contributed by atoms with Crippen molar-refractivity contribution in [1.82, 2.24) is 5.32 Å². The van der Waals surface area contributed by atoms with Gasteiger partial charge in [-0.05, 0) is 24.6 Å². The number of hydrogen-bond donors (Lipinski definition) is 3. The number of hydrogen-bond acceptors (Lipinski definition) is 3. The number of amidine groups is 1. The zero-order valence-corrected chi connectivity index (χ0v) is 12.7. The van der Waals surface area contributed by atoms with Gasteiger partial charge in [0.1, 0.15) is 0 Å². The van der Waals surface area contributed by atoms with Gasteiger partial charge < -0.3 is 16.3 Å². The standard InChI is InChI=1S/C12H15BrClN3O2/c1-2-3-10(11(15)17-19)16-12(18)7-4-8(13)6-9(14)5-7/h4-6,10,19H,2-3H2,1H3,(H2,15,17)(H,16,18). The first-order valence-corrected chi connectivity index (χ1v) is 6.89. The predicted octanol–water partition coefficient (Wildman–Crippen LogP) is 2.75. The van der Waals surface area contributed by atoms with E-state index in [-0.39, 0.29) is 11.7 Å². The molecule has 1 aromatic carbocycles. The third-order valence-corrected chi connectivity index (χ3v) is 3.16. The highest BCUT2D eigenvalue weighted by Crippen LogP contribution is 2.19. The normalized spacial score (nSPS) is 13.1. The van der Waals surface area contributed by atoms with E-state index < -0.39 is 6.04 Å². The minimum atomic E-state index is -0.500. The van der Waals surface area contributed by atoms with Crippen LogP contribution in [0.5, 0.6) is 0 Å². The molecule has 1 rings (SSSR count). The van der Waals surface area contributed by atoms with Crippen LogP contribution in [0.2, 0.25) is 5.02 Å². The molecule has 0 saturated heterocycles. The van der Waals surface area contributed by atoms with E-state index in [4.69, 9.17) is 22.5 Å². The number of amides is 1. The molecule has 0 saturated carbocycles. The van der Waals surface area contributed by atoms with Gasteiger partial charge in [0.05, 0.1) is 6.04 Å². The Morgan fingerprint density at radius 1 is 1.58 bits per heavy atom. The topological polar surface area (TPSA) is 87.7 Å². The van der Waals surface area contributed by atoms with Crippen molar-refractivity contribution < 1.29 is 10.0 Å². The Hall–Kier alpha value is -1.27. The van der Waals surface area contributed by atoms with Gasteiger partial charge in [-0.2, -0.15) is 0 Å². The molecular formula is C12H15BrClN3O2. The first-order valence-electron chi connectivity index (χ1n) is 5.72. The summed E-state index contributed by atoms with van der Waals surface area (Å²) in [6.45, 7) is 1.94.